The lowest BCUT2D eigenvalue weighted by Gasteiger charge is -2.02. The average molecular weight is 176 g/mol. The van der Waals surface area contributed by atoms with E-state index in [9.17, 15) is 4.79 Å². The highest BCUT2D eigenvalue weighted by Gasteiger charge is 2.01. The van der Waals surface area contributed by atoms with E-state index in [-0.39, 0.29) is 5.56 Å². The normalized spacial score (nSPS) is 10.8. The number of nitrogens with zero attached hydrogens (tertiary/aromatic N) is 1. The molecular formula is C10H12N2O. The van der Waals surface area contributed by atoms with E-state index in [1.165, 1.54) is 0 Å². The van der Waals surface area contributed by atoms with Crippen molar-refractivity contribution in [2.45, 2.75) is 19.9 Å². The maximum atomic E-state index is 11.7. The van der Waals surface area contributed by atoms with Crippen LogP contribution < -0.4 is 5.56 Å². The Morgan fingerprint density at radius 3 is 3.08 bits per heavy atom. The molecular weight excluding hydrogens is 164 g/mol. The minimum Gasteiger partial charge on any atom is -0.357 e. The SMILES string of the molecule is CCCn1ccc2cc[nH]c2c1=O. The third-order valence-corrected chi connectivity index (χ3v) is 2.15. The van der Waals surface area contributed by atoms with Crippen LogP contribution in [-0.4, -0.2) is 9.55 Å². The standard InChI is InChI=1S/C10H12N2O/c1-2-6-12-7-4-8-3-5-11-9(8)10(12)13/h3-5,7,11H,2,6H2,1H3. The Morgan fingerprint density at radius 1 is 1.46 bits per heavy atom. The van der Waals surface area contributed by atoms with Crippen LogP contribution in [-0.2, 0) is 6.54 Å². The van der Waals surface area contributed by atoms with Crippen molar-refractivity contribution in [3.63, 3.8) is 0 Å². The van der Waals surface area contributed by atoms with Crippen LogP contribution in [0.1, 0.15) is 13.3 Å². The molecule has 0 unspecified atom stereocenters. The molecule has 3 nitrogen and oxygen atoms in total. The molecule has 0 aliphatic carbocycles. The van der Waals surface area contributed by atoms with E-state index in [1.54, 1.807) is 10.8 Å². The molecule has 0 saturated heterocycles. The lowest BCUT2D eigenvalue weighted by atomic mass is 10.3. The van der Waals surface area contributed by atoms with Gasteiger partial charge in [0.15, 0.2) is 0 Å². The summed E-state index contributed by atoms with van der Waals surface area (Å²) in [5.41, 5.74) is 0.778. The summed E-state index contributed by atoms with van der Waals surface area (Å²) in [5, 5.41) is 0.984. The third kappa shape index (κ3) is 1.26. The van der Waals surface area contributed by atoms with Gasteiger partial charge in [-0.3, -0.25) is 4.79 Å². The maximum Gasteiger partial charge on any atom is 0.274 e. The van der Waals surface area contributed by atoms with Crippen LogP contribution in [0.4, 0.5) is 0 Å². The molecule has 0 bridgehead atoms. The van der Waals surface area contributed by atoms with Gasteiger partial charge in [0.2, 0.25) is 0 Å². The van der Waals surface area contributed by atoms with Gasteiger partial charge in [-0.15, -0.1) is 0 Å². The van der Waals surface area contributed by atoms with Gasteiger partial charge in [0.05, 0.1) is 0 Å². The predicted molar refractivity (Wildman–Crippen MR) is 52.8 cm³/mol. The number of rotatable bonds is 2. The van der Waals surface area contributed by atoms with Crippen molar-refractivity contribution < 1.29 is 0 Å². The molecule has 0 atom stereocenters. The maximum absolute atomic E-state index is 11.7. The van der Waals surface area contributed by atoms with Crippen molar-refractivity contribution in [2.24, 2.45) is 0 Å². The number of fused-ring (bicyclic) bond motifs is 1. The van der Waals surface area contributed by atoms with Crippen LogP contribution in [0.3, 0.4) is 0 Å². The minimum atomic E-state index is 0.0735. The summed E-state index contributed by atoms with van der Waals surface area (Å²) in [6.45, 7) is 2.85. The molecule has 0 amide bonds. The minimum absolute atomic E-state index is 0.0735. The molecule has 68 valence electrons. The van der Waals surface area contributed by atoms with Crippen molar-refractivity contribution >= 4 is 10.9 Å². The van der Waals surface area contributed by atoms with E-state index in [1.807, 2.05) is 18.3 Å². The first-order valence-corrected chi connectivity index (χ1v) is 4.49. The lowest BCUT2D eigenvalue weighted by molar-refractivity contribution is 0.658. The van der Waals surface area contributed by atoms with Gasteiger partial charge in [-0.25, -0.2) is 0 Å². The van der Waals surface area contributed by atoms with Gasteiger partial charge >= 0.3 is 0 Å². The van der Waals surface area contributed by atoms with Crippen LogP contribution in [0.5, 0.6) is 0 Å². The first-order chi connectivity index (χ1) is 6.33. The van der Waals surface area contributed by atoms with Crippen molar-refractivity contribution in [3.8, 4) is 0 Å². The molecule has 13 heavy (non-hydrogen) atoms. The highest BCUT2D eigenvalue weighted by Crippen LogP contribution is 2.05. The zero-order valence-electron chi connectivity index (χ0n) is 7.58. The Kier molecular flexibility index (Phi) is 1.93. The number of aryl methyl sites for hydroxylation is 1. The van der Waals surface area contributed by atoms with Gasteiger partial charge in [0.25, 0.3) is 5.56 Å². The number of aromatic amines is 1. The summed E-state index contributed by atoms with van der Waals surface area (Å²) in [5.74, 6) is 0. The second-order valence-corrected chi connectivity index (χ2v) is 3.12. The van der Waals surface area contributed by atoms with Gasteiger partial charge < -0.3 is 9.55 Å². The monoisotopic (exact) mass is 176 g/mol. The topological polar surface area (TPSA) is 37.8 Å². The van der Waals surface area contributed by atoms with Crippen molar-refractivity contribution in [2.75, 3.05) is 0 Å². The van der Waals surface area contributed by atoms with Crippen LogP contribution in [0.2, 0.25) is 0 Å². The molecule has 0 aliphatic heterocycles. The molecule has 0 radical (unpaired) electrons. The predicted octanol–water partition coefficient (Wildman–Crippen LogP) is 1.74. The zero-order chi connectivity index (χ0) is 9.26. The summed E-state index contributed by atoms with van der Waals surface area (Å²) in [4.78, 5) is 14.7. The number of aromatic nitrogens is 2. The molecule has 2 heterocycles. The Bertz CT molecular complexity index is 467. The number of H-pyrrole nitrogens is 1. The molecule has 0 aromatic carbocycles. The van der Waals surface area contributed by atoms with E-state index in [0.29, 0.717) is 5.52 Å². The van der Waals surface area contributed by atoms with E-state index in [0.717, 1.165) is 18.4 Å². The summed E-state index contributed by atoms with van der Waals surface area (Å²) in [6, 6.07) is 3.87. The second-order valence-electron chi connectivity index (χ2n) is 3.12. The number of nitrogens with one attached hydrogen (secondary N) is 1. The highest BCUT2D eigenvalue weighted by atomic mass is 16.1. The Balaban J connectivity index is 2.67. The molecule has 3 heteroatoms. The fraction of sp³-hybridized carbons (Fsp3) is 0.300. The van der Waals surface area contributed by atoms with Crippen molar-refractivity contribution in [1.82, 2.24) is 9.55 Å². The zero-order valence-corrected chi connectivity index (χ0v) is 7.58. The molecule has 2 rings (SSSR count). The largest absolute Gasteiger partial charge is 0.357 e. The summed E-state index contributed by atoms with van der Waals surface area (Å²) in [6.07, 6.45) is 4.62. The Labute approximate surface area is 76.0 Å². The lowest BCUT2D eigenvalue weighted by Crippen LogP contribution is -2.19. The van der Waals surface area contributed by atoms with E-state index in [4.69, 9.17) is 0 Å². The molecule has 0 saturated carbocycles. The number of hydrogen-bond donors (Lipinski definition) is 1. The Hall–Kier alpha value is -1.51. The summed E-state index contributed by atoms with van der Waals surface area (Å²) in [7, 11) is 0. The van der Waals surface area contributed by atoms with Crippen LogP contribution >= 0.6 is 0 Å². The molecule has 0 spiro atoms. The fourth-order valence-electron chi connectivity index (χ4n) is 1.50. The van der Waals surface area contributed by atoms with E-state index >= 15 is 0 Å². The quantitative estimate of drug-likeness (QED) is 0.743. The Morgan fingerprint density at radius 2 is 2.31 bits per heavy atom. The summed E-state index contributed by atoms with van der Waals surface area (Å²) < 4.78 is 1.73. The average Bonchev–Trinajstić information content (AvgIpc) is 2.58. The van der Waals surface area contributed by atoms with Crippen LogP contribution in [0, 0.1) is 0 Å². The second kappa shape index (κ2) is 3.09. The van der Waals surface area contributed by atoms with Gasteiger partial charge in [0, 0.05) is 24.3 Å². The molecule has 2 aromatic rings. The summed E-state index contributed by atoms with van der Waals surface area (Å²) >= 11 is 0. The molecule has 1 N–H and O–H groups in total. The fourth-order valence-corrected chi connectivity index (χ4v) is 1.50. The van der Waals surface area contributed by atoms with Gasteiger partial charge in [-0.1, -0.05) is 6.92 Å². The molecule has 0 aliphatic rings. The van der Waals surface area contributed by atoms with E-state index in [2.05, 4.69) is 11.9 Å². The highest BCUT2D eigenvalue weighted by molar-refractivity contribution is 5.77. The third-order valence-electron chi connectivity index (χ3n) is 2.15. The van der Waals surface area contributed by atoms with Crippen LogP contribution in [0.25, 0.3) is 10.9 Å². The number of hydrogen-bond acceptors (Lipinski definition) is 1. The molecule has 2 aromatic heterocycles. The first-order valence-electron chi connectivity index (χ1n) is 4.49. The van der Waals surface area contributed by atoms with Crippen molar-refractivity contribution in [3.05, 3.63) is 34.9 Å². The first kappa shape index (κ1) is 8.10. The van der Waals surface area contributed by atoms with Gasteiger partial charge in [-0.05, 0) is 18.6 Å². The van der Waals surface area contributed by atoms with E-state index < -0.39 is 0 Å². The van der Waals surface area contributed by atoms with Crippen molar-refractivity contribution in [1.29, 1.82) is 0 Å². The van der Waals surface area contributed by atoms with Crippen LogP contribution in [0.15, 0.2) is 29.3 Å². The van der Waals surface area contributed by atoms with Gasteiger partial charge in [-0.2, -0.15) is 0 Å². The smallest absolute Gasteiger partial charge is 0.274 e. The number of pyridine rings is 1. The van der Waals surface area contributed by atoms with Gasteiger partial charge in [0.1, 0.15) is 5.52 Å². The molecule has 0 fully saturated rings.